The van der Waals surface area contributed by atoms with Crippen molar-refractivity contribution in [3.8, 4) is 0 Å². The van der Waals surface area contributed by atoms with Gasteiger partial charge >= 0.3 is 0 Å². The second-order valence-electron chi connectivity index (χ2n) is 7.72. The van der Waals surface area contributed by atoms with Gasteiger partial charge in [0.1, 0.15) is 4.21 Å². The number of nitrogens with zero attached hydrogens (tertiary/aromatic N) is 2. The minimum Gasteiger partial charge on any atom is -0.353 e. The molecule has 0 spiro atoms. The number of rotatable bonds is 7. The molecule has 0 atom stereocenters. The van der Waals surface area contributed by atoms with Crippen LogP contribution in [0.2, 0.25) is 0 Å². The highest BCUT2D eigenvalue weighted by atomic mass is 32.2. The van der Waals surface area contributed by atoms with Crippen LogP contribution in [0.5, 0.6) is 0 Å². The first-order chi connectivity index (χ1) is 13.2. The zero-order chi connectivity index (χ0) is 20.4. The molecule has 0 fully saturated rings. The Bertz CT molecular complexity index is 924. The van der Waals surface area contributed by atoms with Crippen molar-refractivity contribution >= 4 is 27.3 Å². The summed E-state index contributed by atoms with van der Waals surface area (Å²) in [6.07, 6.45) is 0.995. The summed E-state index contributed by atoms with van der Waals surface area (Å²) in [5.41, 5.74) is 2.49. The number of sulfonamides is 1. The molecular formula is C20H27N3O3S2. The summed E-state index contributed by atoms with van der Waals surface area (Å²) in [5.74, 6) is -0.298. The molecule has 8 heteroatoms. The molecule has 0 saturated heterocycles. The molecule has 28 heavy (non-hydrogen) atoms. The number of fused-ring (bicyclic) bond motifs is 1. The highest BCUT2D eigenvalue weighted by Crippen LogP contribution is 2.25. The molecule has 1 aliphatic rings. The third-order valence-electron chi connectivity index (χ3n) is 5.23. The molecule has 2 aromatic rings. The second kappa shape index (κ2) is 8.32. The lowest BCUT2D eigenvalue weighted by Gasteiger charge is -2.41. The Balaban J connectivity index is 1.55. The van der Waals surface area contributed by atoms with Gasteiger partial charge in [0.05, 0.1) is 6.54 Å². The highest BCUT2D eigenvalue weighted by Gasteiger charge is 2.31. The van der Waals surface area contributed by atoms with E-state index in [0.717, 1.165) is 35.2 Å². The molecule has 2 heterocycles. The van der Waals surface area contributed by atoms with Crippen LogP contribution >= 0.6 is 11.3 Å². The number of carbonyl (C=O) groups is 1. The maximum absolute atomic E-state index is 12.4. The van der Waals surface area contributed by atoms with Crippen molar-refractivity contribution in [2.75, 3.05) is 26.7 Å². The van der Waals surface area contributed by atoms with Crippen LogP contribution in [0.25, 0.3) is 0 Å². The smallest absolute Gasteiger partial charge is 0.252 e. The summed E-state index contributed by atoms with van der Waals surface area (Å²) >= 11 is 1.15. The number of hydrogen-bond donors (Lipinski definition) is 1. The number of thiophene rings is 1. The van der Waals surface area contributed by atoms with Crippen LogP contribution in [0, 0.1) is 0 Å². The number of carbonyl (C=O) groups excluding carboxylic acids is 1. The fourth-order valence-corrected chi connectivity index (χ4v) is 5.67. The number of amides is 1. The predicted octanol–water partition coefficient (Wildman–Crippen LogP) is 2.32. The van der Waals surface area contributed by atoms with E-state index in [1.807, 2.05) is 0 Å². The van der Waals surface area contributed by atoms with Gasteiger partial charge in [-0.2, -0.15) is 4.31 Å². The summed E-state index contributed by atoms with van der Waals surface area (Å²) in [7, 11) is -2.19. The maximum Gasteiger partial charge on any atom is 0.252 e. The van der Waals surface area contributed by atoms with Gasteiger partial charge in [-0.3, -0.25) is 9.69 Å². The van der Waals surface area contributed by atoms with Crippen LogP contribution in [0.15, 0.2) is 46.0 Å². The van der Waals surface area contributed by atoms with E-state index in [1.165, 1.54) is 18.2 Å². The molecule has 1 N–H and O–H groups in total. The van der Waals surface area contributed by atoms with Crippen molar-refractivity contribution in [2.45, 2.75) is 36.6 Å². The minimum absolute atomic E-state index is 0.195. The Labute approximate surface area is 171 Å². The summed E-state index contributed by atoms with van der Waals surface area (Å²) in [6.45, 7) is 6.26. The van der Waals surface area contributed by atoms with Gasteiger partial charge < -0.3 is 5.32 Å². The molecular weight excluding hydrogens is 394 g/mol. The molecule has 152 valence electrons. The van der Waals surface area contributed by atoms with Crippen molar-refractivity contribution < 1.29 is 13.2 Å². The molecule has 0 radical (unpaired) electrons. The lowest BCUT2D eigenvalue weighted by Crippen LogP contribution is -2.54. The number of nitrogens with one attached hydrogen (secondary N) is 1. The van der Waals surface area contributed by atoms with Gasteiger partial charge in [-0.25, -0.2) is 8.42 Å². The SMILES string of the molecule is CN(CC(=O)NCC(C)(C)N1CCc2ccccc2C1)S(=O)(=O)c1cccs1. The van der Waals surface area contributed by atoms with E-state index in [9.17, 15) is 13.2 Å². The summed E-state index contributed by atoms with van der Waals surface area (Å²) in [4.78, 5) is 14.7. The maximum atomic E-state index is 12.4. The lowest BCUT2D eigenvalue weighted by molar-refractivity contribution is -0.121. The van der Waals surface area contributed by atoms with Crippen LogP contribution in [0.3, 0.4) is 0 Å². The van der Waals surface area contributed by atoms with Gasteiger partial charge in [0, 0.05) is 32.2 Å². The largest absolute Gasteiger partial charge is 0.353 e. The minimum atomic E-state index is -3.62. The first-order valence-corrected chi connectivity index (χ1v) is 11.6. The fraction of sp³-hybridized carbons (Fsp3) is 0.450. The molecule has 0 aliphatic carbocycles. The fourth-order valence-electron chi connectivity index (χ4n) is 3.35. The van der Waals surface area contributed by atoms with E-state index >= 15 is 0 Å². The van der Waals surface area contributed by atoms with Gasteiger partial charge in [-0.1, -0.05) is 30.3 Å². The van der Waals surface area contributed by atoms with Gasteiger partial charge in [0.25, 0.3) is 10.0 Å². The molecule has 1 aliphatic heterocycles. The van der Waals surface area contributed by atoms with E-state index in [-0.39, 0.29) is 22.2 Å². The zero-order valence-corrected chi connectivity index (χ0v) is 18.1. The van der Waals surface area contributed by atoms with Gasteiger partial charge in [0.2, 0.25) is 5.91 Å². The van der Waals surface area contributed by atoms with Gasteiger partial charge in [-0.05, 0) is 42.8 Å². The first-order valence-electron chi connectivity index (χ1n) is 9.28. The van der Waals surface area contributed by atoms with Crippen LogP contribution in [-0.4, -0.2) is 55.8 Å². The zero-order valence-electron chi connectivity index (χ0n) is 16.5. The Morgan fingerprint density at radius 1 is 1.21 bits per heavy atom. The van der Waals surface area contributed by atoms with Crippen LogP contribution in [0.1, 0.15) is 25.0 Å². The molecule has 3 rings (SSSR count). The van der Waals surface area contributed by atoms with E-state index in [1.54, 1.807) is 17.5 Å². The summed E-state index contributed by atoms with van der Waals surface area (Å²) in [5, 5.41) is 4.62. The monoisotopic (exact) mass is 421 g/mol. The molecule has 1 aromatic carbocycles. The molecule has 6 nitrogen and oxygen atoms in total. The van der Waals surface area contributed by atoms with Crippen molar-refractivity contribution in [2.24, 2.45) is 0 Å². The Morgan fingerprint density at radius 3 is 2.61 bits per heavy atom. The standard InChI is InChI=1S/C20H27N3O3S2/c1-20(2,23-11-10-16-7-4-5-8-17(16)13-23)15-21-18(24)14-22(3)28(25,26)19-9-6-12-27-19/h4-9,12H,10-11,13-15H2,1-3H3,(H,21,24). The van der Waals surface area contributed by atoms with Gasteiger partial charge in [-0.15, -0.1) is 11.3 Å². The molecule has 0 saturated carbocycles. The number of benzene rings is 1. The van der Waals surface area contributed by atoms with Crippen molar-refractivity contribution in [3.05, 3.63) is 52.9 Å². The van der Waals surface area contributed by atoms with Crippen molar-refractivity contribution in [1.29, 1.82) is 0 Å². The summed E-state index contributed by atoms with van der Waals surface area (Å²) < 4.78 is 26.2. The molecule has 0 bridgehead atoms. The molecule has 1 aromatic heterocycles. The van der Waals surface area contributed by atoms with E-state index in [4.69, 9.17) is 0 Å². The van der Waals surface area contributed by atoms with E-state index < -0.39 is 10.0 Å². The van der Waals surface area contributed by atoms with Crippen LogP contribution < -0.4 is 5.32 Å². The summed E-state index contributed by atoms with van der Waals surface area (Å²) in [6, 6.07) is 11.7. The molecule has 0 unspecified atom stereocenters. The Hall–Kier alpha value is -1.74. The van der Waals surface area contributed by atoms with Gasteiger partial charge in [0.15, 0.2) is 0 Å². The van der Waals surface area contributed by atoms with E-state index in [0.29, 0.717) is 6.54 Å². The third-order valence-corrected chi connectivity index (χ3v) is 8.41. The van der Waals surface area contributed by atoms with Crippen LogP contribution in [0.4, 0.5) is 0 Å². The normalized spacial score (nSPS) is 15.4. The van der Waals surface area contributed by atoms with Crippen molar-refractivity contribution in [1.82, 2.24) is 14.5 Å². The van der Waals surface area contributed by atoms with Crippen LogP contribution in [-0.2, 0) is 27.8 Å². The predicted molar refractivity (Wildman–Crippen MR) is 112 cm³/mol. The number of hydrogen-bond acceptors (Lipinski definition) is 5. The quantitative estimate of drug-likeness (QED) is 0.745. The van der Waals surface area contributed by atoms with E-state index in [2.05, 4.69) is 48.3 Å². The molecule has 1 amide bonds. The van der Waals surface area contributed by atoms with Crippen molar-refractivity contribution in [3.63, 3.8) is 0 Å². The number of likely N-dealkylation sites (N-methyl/N-ethyl adjacent to an activating group) is 1. The second-order valence-corrected chi connectivity index (χ2v) is 10.9. The average Bonchev–Trinajstić information content (AvgIpc) is 3.21. The third kappa shape index (κ3) is 4.63. The Morgan fingerprint density at radius 2 is 1.93 bits per heavy atom. The lowest BCUT2D eigenvalue weighted by atomic mass is 9.94. The highest BCUT2D eigenvalue weighted by molar-refractivity contribution is 7.91. The Kier molecular flexibility index (Phi) is 6.24. The average molecular weight is 422 g/mol. The first kappa shape index (κ1) is 21.0. The topological polar surface area (TPSA) is 69.7 Å².